The normalized spacial score (nSPS) is 10.2. The molecule has 2 aromatic rings. The largest absolute Gasteiger partial charge is 0.368 e. The van der Waals surface area contributed by atoms with E-state index in [1.54, 1.807) is 12.1 Å². The molecule has 5 nitrogen and oxygen atoms in total. The first-order valence-electron chi connectivity index (χ1n) is 5.20. The number of rotatable bonds is 3. The molecule has 3 N–H and O–H groups in total. The Hall–Kier alpha value is -1.88. The number of nitrogens with one attached hydrogen (secondary N) is 1. The molecular weight excluding hydrogens is 238 g/mol. The molecule has 0 saturated heterocycles. The Labute approximate surface area is 104 Å². The quantitative estimate of drug-likeness (QED) is 0.874. The van der Waals surface area contributed by atoms with Gasteiger partial charge in [0.25, 0.3) is 0 Å². The smallest absolute Gasteiger partial charge is 0.232 e. The molecule has 0 atom stereocenters. The number of anilines is 3. The summed E-state index contributed by atoms with van der Waals surface area (Å²) in [5, 5.41) is 3.73. The van der Waals surface area contributed by atoms with Gasteiger partial charge < -0.3 is 11.1 Å². The van der Waals surface area contributed by atoms with Gasteiger partial charge >= 0.3 is 0 Å². The van der Waals surface area contributed by atoms with Crippen LogP contribution in [-0.2, 0) is 6.42 Å². The highest BCUT2D eigenvalue weighted by atomic mass is 35.5. The molecule has 6 heteroatoms. The van der Waals surface area contributed by atoms with Crippen molar-refractivity contribution in [2.24, 2.45) is 0 Å². The molecular formula is C11H12ClN5. The monoisotopic (exact) mass is 249 g/mol. The fourth-order valence-corrected chi connectivity index (χ4v) is 1.44. The molecule has 1 heterocycles. The number of hydrogen-bond acceptors (Lipinski definition) is 5. The van der Waals surface area contributed by atoms with E-state index in [9.17, 15) is 0 Å². The van der Waals surface area contributed by atoms with E-state index in [4.69, 9.17) is 17.3 Å². The van der Waals surface area contributed by atoms with E-state index in [0.29, 0.717) is 23.2 Å². The third-order valence-electron chi connectivity index (χ3n) is 2.12. The molecule has 0 aliphatic rings. The molecule has 0 aliphatic carbocycles. The first-order chi connectivity index (χ1) is 8.17. The minimum absolute atomic E-state index is 0.216. The number of halogens is 1. The second kappa shape index (κ2) is 4.97. The Morgan fingerprint density at radius 1 is 1.18 bits per heavy atom. The molecule has 2 rings (SSSR count). The summed E-state index contributed by atoms with van der Waals surface area (Å²) in [5.41, 5.74) is 6.44. The zero-order chi connectivity index (χ0) is 12.3. The molecule has 0 unspecified atom stereocenters. The van der Waals surface area contributed by atoms with Gasteiger partial charge in [0.15, 0.2) is 0 Å². The van der Waals surface area contributed by atoms with Crippen LogP contribution < -0.4 is 11.1 Å². The number of benzene rings is 1. The van der Waals surface area contributed by atoms with Gasteiger partial charge in [0, 0.05) is 17.1 Å². The lowest BCUT2D eigenvalue weighted by Gasteiger charge is -2.06. The third kappa shape index (κ3) is 3.04. The zero-order valence-corrected chi connectivity index (χ0v) is 10.1. The standard InChI is InChI=1S/C11H12ClN5/c1-2-9-15-10(13)17-11(16-9)14-8-5-3-7(12)4-6-8/h3-6H,2H2,1H3,(H3,13,14,15,16,17). The second-order valence-electron chi connectivity index (χ2n) is 3.42. The lowest BCUT2D eigenvalue weighted by molar-refractivity contribution is 0.913. The van der Waals surface area contributed by atoms with Crippen LogP contribution >= 0.6 is 11.6 Å². The molecule has 0 aliphatic heterocycles. The van der Waals surface area contributed by atoms with Crippen molar-refractivity contribution >= 4 is 29.2 Å². The molecule has 17 heavy (non-hydrogen) atoms. The van der Waals surface area contributed by atoms with Crippen molar-refractivity contribution in [2.45, 2.75) is 13.3 Å². The van der Waals surface area contributed by atoms with Gasteiger partial charge in [0.2, 0.25) is 11.9 Å². The number of nitrogens with two attached hydrogens (primary N) is 1. The van der Waals surface area contributed by atoms with Crippen LogP contribution in [-0.4, -0.2) is 15.0 Å². The lowest BCUT2D eigenvalue weighted by atomic mass is 10.3. The van der Waals surface area contributed by atoms with Gasteiger partial charge in [-0.2, -0.15) is 15.0 Å². The van der Waals surface area contributed by atoms with Gasteiger partial charge in [-0.25, -0.2) is 0 Å². The van der Waals surface area contributed by atoms with Crippen LogP contribution in [0.25, 0.3) is 0 Å². The van der Waals surface area contributed by atoms with Crippen LogP contribution in [0.4, 0.5) is 17.6 Å². The van der Waals surface area contributed by atoms with Crippen molar-refractivity contribution in [3.05, 3.63) is 35.1 Å². The van der Waals surface area contributed by atoms with Crippen LogP contribution in [0.5, 0.6) is 0 Å². The summed E-state index contributed by atoms with van der Waals surface area (Å²) in [6, 6.07) is 7.26. The maximum atomic E-state index is 5.80. The van der Waals surface area contributed by atoms with Gasteiger partial charge in [-0.1, -0.05) is 18.5 Å². The van der Waals surface area contributed by atoms with E-state index in [-0.39, 0.29) is 5.95 Å². The highest BCUT2D eigenvalue weighted by Crippen LogP contribution is 2.16. The topological polar surface area (TPSA) is 76.7 Å². The summed E-state index contributed by atoms with van der Waals surface area (Å²) >= 11 is 5.80. The Kier molecular flexibility index (Phi) is 3.39. The Morgan fingerprint density at radius 3 is 2.53 bits per heavy atom. The van der Waals surface area contributed by atoms with Crippen LogP contribution in [0, 0.1) is 0 Å². The van der Waals surface area contributed by atoms with Gasteiger partial charge in [-0.05, 0) is 24.3 Å². The summed E-state index contributed by atoms with van der Waals surface area (Å²) in [5.74, 6) is 1.32. The minimum Gasteiger partial charge on any atom is -0.368 e. The van der Waals surface area contributed by atoms with Crippen LogP contribution in [0.2, 0.25) is 5.02 Å². The number of nitrogens with zero attached hydrogens (tertiary/aromatic N) is 3. The molecule has 0 amide bonds. The summed E-state index contributed by atoms with van der Waals surface area (Å²) in [7, 11) is 0. The number of aromatic nitrogens is 3. The van der Waals surface area contributed by atoms with E-state index in [2.05, 4.69) is 20.3 Å². The molecule has 1 aromatic carbocycles. The summed E-state index contributed by atoms with van der Waals surface area (Å²) in [6.07, 6.45) is 0.710. The minimum atomic E-state index is 0.216. The Bertz CT molecular complexity index is 512. The molecule has 1 aromatic heterocycles. The number of nitrogen functional groups attached to an aromatic ring is 1. The molecule has 0 fully saturated rings. The fourth-order valence-electron chi connectivity index (χ4n) is 1.31. The van der Waals surface area contributed by atoms with Gasteiger partial charge in [0.1, 0.15) is 5.82 Å². The molecule has 0 radical (unpaired) electrons. The fraction of sp³-hybridized carbons (Fsp3) is 0.182. The van der Waals surface area contributed by atoms with Gasteiger partial charge in [0.05, 0.1) is 0 Å². The van der Waals surface area contributed by atoms with E-state index in [0.717, 1.165) is 5.69 Å². The average Bonchev–Trinajstić information content (AvgIpc) is 2.31. The summed E-state index contributed by atoms with van der Waals surface area (Å²) in [6.45, 7) is 1.96. The van der Waals surface area contributed by atoms with Gasteiger partial charge in [-0.3, -0.25) is 0 Å². The van der Waals surface area contributed by atoms with Gasteiger partial charge in [-0.15, -0.1) is 0 Å². The predicted octanol–water partition coefficient (Wildman–Crippen LogP) is 2.41. The summed E-state index contributed by atoms with van der Waals surface area (Å²) in [4.78, 5) is 12.2. The maximum absolute atomic E-state index is 5.80. The number of hydrogen-bond donors (Lipinski definition) is 2. The highest BCUT2D eigenvalue weighted by molar-refractivity contribution is 6.30. The molecule has 0 saturated carbocycles. The van der Waals surface area contributed by atoms with Crippen molar-refractivity contribution in [3.63, 3.8) is 0 Å². The predicted molar refractivity (Wildman–Crippen MR) is 68.4 cm³/mol. The van der Waals surface area contributed by atoms with E-state index < -0.39 is 0 Å². The van der Waals surface area contributed by atoms with Crippen molar-refractivity contribution in [1.82, 2.24) is 15.0 Å². The third-order valence-corrected chi connectivity index (χ3v) is 2.37. The van der Waals surface area contributed by atoms with Crippen molar-refractivity contribution < 1.29 is 0 Å². The van der Waals surface area contributed by atoms with Crippen LogP contribution in [0.3, 0.4) is 0 Å². The summed E-state index contributed by atoms with van der Waals surface area (Å²) < 4.78 is 0. The zero-order valence-electron chi connectivity index (χ0n) is 9.31. The van der Waals surface area contributed by atoms with Crippen LogP contribution in [0.15, 0.2) is 24.3 Å². The van der Waals surface area contributed by atoms with Crippen molar-refractivity contribution in [1.29, 1.82) is 0 Å². The van der Waals surface area contributed by atoms with E-state index in [1.807, 2.05) is 19.1 Å². The van der Waals surface area contributed by atoms with E-state index in [1.165, 1.54) is 0 Å². The Morgan fingerprint density at radius 2 is 1.88 bits per heavy atom. The second-order valence-corrected chi connectivity index (χ2v) is 3.86. The number of aryl methyl sites for hydroxylation is 1. The molecule has 88 valence electrons. The first kappa shape index (κ1) is 11.6. The first-order valence-corrected chi connectivity index (χ1v) is 5.58. The highest BCUT2D eigenvalue weighted by Gasteiger charge is 2.03. The average molecular weight is 250 g/mol. The lowest BCUT2D eigenvalue weighted by Crippen LogP contribution is -2.06. The maximum Gasteiger partial charge on any atom is 0.232 e. The van der Waals surface area contributed by atoms with E-state index >= 15 is 0 Å². The molecule has 0 spiro atoms. The van der Waals surface area contributed by atoms with Crippen LogP contribution in [0.1, 0.15) is 12.7 Å². The Balaban J connectivity index is 2.23. The SMILES string of the molecule is CCc1nc(N)nc(Nc2ccc(Cl)cc2)n1. The van der Waals surface area contributed by atoms with Crippen molar-refractivity contribution in [3.8, 4) is 0 Å². The molecule has 0 bridgehead atoms. The van der Waals surface area contributed by atoms with Crippen molar-refractivity contribution in [2.75, 3.05) is 11.1 Å².